The molecule has 2 aromatic carbocycles. The summed E-state index contributed by atoms with van der Waals surface area (Å²) in [6.45, 7) is 1.69. The van der Waals surface area contributed by atoms with Gasteiger partial charge in [-0.05, 0) is 42.6 Å². The monoisotopic (exact) mass is 351 g/mol. The van der Waals surface area contributed by atoms with E-state index >= 15 is 0 Å². The van der Waals surface area contributed by atoms with Crippen molar-refractivity contribution in [3.63, 3.8) is 0 Å². The Balaban J connectivity index is 1.35. The van der Waals surface area contributed by atoms with E-state index in [1.54, 1.807) is 7.11 Å². The van der Waals surface area contributed by atoms with Gasteiger partial charge in [-0.25, -0.2) is 0 Å². The number of ether oxygens (including phenoxy) is 1. The molecular formula is C21H25N3O2. The van der Waals surface area contributed by atoms with Crippen LogP contribution in [-0.2, 0) is 17.6 Å². The Bertz CT molecular complexity index is 857. The van der Waals surface area contributed by atoms with Gasteiger partial charge >= 0.3 is 0 Å². The van der Waals surface area contributed by atoms with Gasteiger partial charge in [0, 0.05) is 23.6 Å². The molecule has 0 saturated heterocycles. The molecular weight excluding hydrogens is 326 g/mol. The van der Waals surface area contributed by atoms with Crippen LogP contribution >= 0.6 is 0 Å². The Morgan fingerprint density at radius 1 is 1.00 bits per heavy atom. The van der Waals surface area contributed by atoms with Gasteiger partial charge in [-0.2, -0.15) is 0 Å². The number of rotatable bonds is 9. The van der Waals surface area contributed by atoms with E-state index in [1.165, 1.54) is 10.9 Å². The van der Waals surface area contributed by atoms with Crippen molar-refractivity contribution in [2.75, 3.05) is 26.7 Å². The molecule has 0 saturated carbocycles. The van der Waals surface area contributed by atoms with E-state index in [1.807, 2.05) is 42.6 Å². The van der Waals surface area contributed by atoms with Crippen LogP contribution in [0.4, 0.5) is 0 Å². The second kappa shape index (κ2) is 9.06. The Morgan fingerprint density at radius 2 is 1.77 bits per heavy atom. The lowest BCUT2D eigenvalue weighted by molar-refractivity contribution is -0.120. The van der Waals surface area contributed by atoms with Gasteiger partial charge in [-0.3, -0.25) is 4.79 Å². The number of methoxy groups -OCH3 is 1. The van der Waals surface area contributed by atoms with E-state index < -0.39 is 0 Å². The Labute approximate surface area is 153 Å². The molecule has 1 amide bonds. The van der Waals surface area contributed by atoms with Gasteiger partial charge in [0.15, 0.2) is 0 Å². The number of amides is 1. The van der Waals surface area contributed by atoms with E-state index in [2.05, 4.69) is 27.8 Å². The standard InChI is InChI=1S/C21H25N3O2/c1-26-20-9-5-2-6-16(20)10-12-22-15-21(25)23-13-11-17-14-24-19-8-4-3-7-18(17)19/h2-9,14,22,24H,10-13,15H2,1H3,(H,23,25). The first kappa shape index (κ1) is 18.0. The van der Waals surface area contributed by atoms with E-state index in [0.717, 1.165) is 36.2 Å². The van der Waals surface area contributed by atoms with Gasteiger partial charge in [-0.1, -0.05) is 36.4 Å². The number of benzene rings is 2. The first-order valence-electron chi connectivity index (χ1n) is 8.92. The summed E-state index contributed by atoms with van der Waals surface area (Å²) in [5, 5.41) is 7.37. The second-order valence-corrected chi connectivity index (χ2v) is 6.20. The average molecular weight is 351 g/mol. The number of nitrogens with one attached hydrogen (secondary N) is 3. The van der Waals surface area contributed by atoms with Crippen molar-refractivity contribution in [2.45, 2.75) is 12.8 Å². The molecule has 0 radical (unpaired) electrons. The van der Waals surface area contributed by atoms with Gasteiger partial charge in [-0.15, -0.1) is 0 Å². The quantitative estimate of drug-likeness (QED) is 0.519. The normalized spacial score (nSPS) is 10.8. The number of aromatic nitrogens is 1. The maximum absolute atomic E-state index is 12.0. The summed E-state index contributed by atoms with van der Waals surface area (Å²) in [5.74, 6) is 0.905. The summed E-state index contributed by atoms with van der Waals surface area (Å²) in [6, 6.07) is 16.1. The molecule has 5 nitrogen and oxygen atoms in total. The second-order valence-electron chi connectivity index (χ2n) is 6.20. The lowest BCUT2D eigenvalue weighted by atomic mass is 10.1. The summed E-state index contributed by atoms with van der Waals surface area (Å²) < 4.78 is 5.33. The van der Waals surface area contributed by atoms with Crippen LogP contribution in [0.1, 0.15) is 11.1 Å². The van der Waals surface area contributed by atoms with E-state index in [-0.39, 0.29) is 5.91 Å². The smallest absolute Gasteiger partial charge is 0.233 e. The van der Waals surface area contributed by atoms with Crippen molar-refractivity contribution in [3.05, 3.63) is 65.9 Å². The van der Waals surface area contributed by atoms with Crippen LogP contribution in [0.25, 0.3) is 10.9 Å². The Morgan fingerprint density at radius 3 is 2.65 bits per heavy atom. The molecule has 26 heavy (non-hydrogen) atoms. The lowest BCUT2D eigenvalue weighted by Crippen LogP contribution is -2.35. The summed E-state index contributed by atoms with van der Waals surface area (Å²) in [4.78, 5) is 15.2. The summed E-state index contributed by atoms with van der Waals surface area (Å²) in [7, 11) is 1.67. The van der Waals surface area contributed by atoms with Crippen LogP contribution in [-0.4, -0.2) is 37.6 Å². The Hall–Kier alpha value is -2.79. The van der Waals surface area contributed by atoms with Crippen LogP contribution in [0.3, 0.4) is 0 Å². The maximum Gasteiger partial charge on any atom is 0.233 e. The zero-order valence-corrected chi connectivity index (χ0v) is 15.0. The maximum atomic E-state index is 12.0. The van der Waals surface area contributed by atoms with Crippen molar-refractivity contribution in [3.8, 4) is 5.75 Å². The van der Waals surface area contributed by atoms with Gasteiger partial charge in [0.2, 0.25) is 5.91 Å². The van der Waals surface area contributed by atoms with Crippen molar-refractivity contribution >= 4 is 16.8 Å². The third-order valence-corrected chi connectivity index (χ3v) is 4.44. The predicted molar refractivity (Wildman–Crippen MR) is 105 cm³/mol. The molecule has 0 atom stereocenters. The lowest BCUT2D eigenvalue weighted by Gasteiger charge is -2.09. The first-order chi connectivity index (χ1) is 12.8. The molecule has 0 fully saturated rings. The molecule has 0 unspecified atom stereocenters. The summed E-state index contributed by atoms with van der Waals surface area (Å²) in [6.07, 6.45) is 3.66. The molecule has 0 aliphatic rings. The third kappa shape index (κ3) is 4.64. The van der Waals surface area contributed by atoms with Gasteiger partial charge in [0.05, 0.1) is 13.7 Å². The van der Waals surface area contributed by atoms with Crippen molar-refractivity contribution < 1.29 is 9.53 Å². The molecule has 5 heteroatoms. The minimum atomic E-state index is 0.0184. The van der Waals surface area contributed by atoms with E-state index in [4.69, 9.17) is 4.74 Å². The topological polar surface area (TPSA) is 66.2 Å². The summed E-state index contributed by atoms with van der Waals surface area (Å²) >= 11 is 0. The fraction of sp³-hybridized carbons (Fsp3) is 0.286. The fourth-order valence-corrected chi connectivity index (χ4v) is 3.07. The highest BCUT2D eigenvalue weighted by atomic mass is 16.5. The highest BCUT2D eigenvalue weighted by Crippen LogP contribution is 2.18. The number of aromatic amines is 1. The average Bonchev–Trinajstić information content (AvgIpc) is 3.09. The number of carbonyl (C=O) groups excluding carboxylic acids is 1. The number of carbonyl (C=O) groups is 1. The van der Waals surface area contributed by atoms with Crippen LogP contribution in [0.5, 0.6) is 5.75 Å². The third-order valence-electron chi connectivity index (χ3n) is 4.44. The first-order valence-corrected chi connectivity index (χ1v) is 8.92. The Kier molecular flexibility index (Phi) is 6.28. The van der Waals surface area contributed by atoms with Crippen LogP contribution < -0.4 is 15.4 Å². The van der Waals surface area contributed by atoms with Crippen LogP contribution in [0.2, 0.25) is 0 Å². The number of hydrogen-bond donors (Lipinski definition) is 3. The van der Waals surface area contributed by atoms with Crippen LogP contribution in [0, 0.1) is 0 Å². The van der Waals surface area contributed by atoms with E-state index in [0.29, 0.717) is 13.1 Å². The molecule has 0 bridgehead atoms. The van der Waals surface area contributed by atoms with Crippen molar-refractivity contribution in [2.24, 2.45) is 0 Å². The predicted octanol–water partition coefficient (Wildman–Crippen LogP) is 2.67. The number of para-hydroxylation sites is 2. The minimum absolute atomic E-state index is 0.0184. The van der Waals surface area contributed by atoms with Gasteiger partial charge in [0.1, 0.15) is 5.75 Å². The fourth-order valence-electron chi connectivity index (χ4n) is 3.07. The molecule has 0 aliphatic heterocycles. The molecule has 0 spiro atoms. The molecule has 3 N–H and O–H groups in total. The molecule has 1 aromatic heterocycles. The SMILES string of the molecule is COc1ccccc1CCNCC(=O)NCCc1c[nH]c2ccccc12. The summed E-state index contributed by atoms with van der Waals surface area (Å²) in [5.41, 5.74) is 3.50. The molecule has 3 rings (SSSR count). The van der Waals surface area contributed by atoms with Gasteiger partial charge in [0.25, 0.3) is 0 Å². The minimum Gasteiger partial charge on any atom is -0.496 e. The molecule has 136 valence electrons. The molecule has 0 aliphatic carbocycles. The van der Waals surface area contributed by atoms with Crippen LogP contribution in [0.15, 0.2) is 54.7 Å². The van der Waals surface area contributed by atoms with Gasteiger partial charge < -0.3 is 20.4 Å². The van der Waals surface area contributed by atoms with E-state index in [9.17, 15) is 4.79 Å². The van der Waals surface area contributed by atoms with Crippen molar-refractivity contribution in [1.29, 1.82) is 0 Å². The number of hydrogen-bond acceptors (Lipinski definition) is 3. The van der Waals surface area contributed by atoms with Crippen molar-refractivity contribution in [1.82, 2.24) is 15.6 Å². The molecule has 3 aromatic rings. The zero-order valence-electron chi connectivity index (χ0n) is 15.0. The molecule has 1 heterocycles. The largest absolute Gasteiger partial charge is 0.496 e. The highest BCUT2D eigenvalue weighted by molar-refractivity contribution is 5.83. The zero-order chi connectivity index (χ0) is 18.2. The number of H-pyrrole nitrogens is 1. The highest BCUT2D eigenvalue weighted by Gasteiger charge is 2.05. The number of fused-ring (bicyclic) bond motifs is 1.